The summed E-state index contributed by atoms with van der Waals surface area (Å²) in [4.78, 5) is 11.3. The van der Waals surface area contributed by atoms with E-state index in [4.69, 9.17) is 9.84 Å². The van der Waals surface area contributed by atoms with Gasteiger partial charge in [0.2, 0.25) is 0 Å². The number of ether oxygens (including phenoxy) is 1. The molecule has 4 nitrogen and oxygen atoms in total. The molecule has 0 saturated heterocycles. The lowest BCUT2D eigenvalue weighted by Gasteiger charge is -2.09. The van der Waals surface area contributed by atoms with Gasteiger partial charge in [-0.1, -0.05) is 38.1 Å². The molecule has 1 amide bonds. The molecule has 1 aromatic rings. The number of aliphatic hydroxyl groups is 1. The van der Waals surface area contributed by atoms with E-state index in [1.807, 2.05) is 38.1 Å². The standard InChI is InChI=1S/C13H19NO3/c1-10(2)9-17-13(16)14-7-11-3-5-12(8-15)6-4-11/h3-6,10,15H,7-9H2,1-2H3,(H,14,16). The zero-order valence-corrected chi connectivity index (χ0v) is 10.3. The van der Waals surface area contributed by atoms with E-state index in [0.717, 1.165) is 11.1 Å². The SMILES string of the molecule is CC(C)COC(=O)NCc1ccc(CO)cc1. The van der Waals surface area contributed by atoms with E-state index >= 15 is 0 Å². The number of benzene rings is 1. The fraction of sp³-hybridized carbons (Fsp3) is 0.462. The van der Waals surface area contributed by atoms with Gasteiger partial charge in [0.15, 0.2) is 0 Å². The topological polar surface area (TPSA) is 58.6 Å². The van der Waals surface area contributed by atoms with E-state index in [9.17, 15) is 4.79 Å². The lowest BCUT2D eigenvalue weighted by atomic mass is 10.1. The highest BCUT2D eigenvalue weighted by atomic mass is 16.5. The molecule has 0 aliphatic rings. The molecule has 0 saturated carbocycles. The summed E-state index contributed by atoms with van der Waals surface area (Å²) in [5.41, 5.74) is 1.83. The average molecular weight is 237 g/mol. The molecule has 0 spiro atoms. The Morgan fingerprint density at radius 3 is 2.41 bits per heavy atom. The van der Waals surface area contributed by atoms with Gasteiger partial charge in [0.05, 0.1) is 13.2 Å². The summed E-state index contributed by atoms with van der Waals surface area (Å²) in [6, 6.07) is 7.40. The molecule has 0 atom stereocenters. The number of amides is 1. The van der Waals surface area contributed by atoms with Crippen LogP contribution in [0.25, 0.3) is 0 Å². The lowest BCUT2D eigenvalue weighted by molar-refractivity contribution is 0.132. The van der Waals surface area contributed by atoms with Crippen LogP contribution in [-0.4, -0.2) is 17.8 Å². The average Bonchev–Trinajstić information content (AvgIpc) is 2.34. The molecule has 0 heterocycles. The van der Waals surface area contributed by atoms with Gasteiger partial charge in [-0.25, -0.2) is 4.79 Å². The quantitative estimate of drug-likeness (QED) is 0.824. The molecule has 0 aromatic heterocycles. The van der Waals surface area contributed by atoms with Gasteiger partial charge in [0.25, 0.3) is 0 Å². The van der Waals surface area contributed by atoms with Gasteiger partial charge >= 0.3 is 6.09 Å². The van der Waals surface area contributed by atoms with Gasteiger partial charge < -0.3 is 15.2 Å². The van der Waals surface area contributed by atoms with Gasteiger partial charge in [-0.2, -0.15) is 0 Å². The van der Waals surface area contributed by atoms with E-state index in [-0.39, 0.29) is 6.61 Å². The Morgan fingerprint density at radius 2 is 1.88 bits per heavy atom. The van der Waals surface area contributed by atoms with Crippen molar-refractivity contribution in [3.63, 3.8) is 0 Å². The molecule has 0 aliphatic carbocycles. The third kappa shape index (κ3) is 5.36. The van der Waals surface area contributed by atoms with Crippen LogP contribution in [0.5, 0.6) is 0 Å². The van der Waals surface area contributed by atoms with Crippen LogP contribution in [-0.2, 0) is 17.9 Å². The summed E-state index contributed by atoms with van der Waals surface area (Å²) >= 11 is 0. The van der Waals surface area contributed by atoms with Gasteiger partial charge in [-0.3, -0.25) is 0 Å². The van der Waals surface area contributed by atoms with Crippen LogP contribution < -0.4 is 5.32 Å². The van der Waals surface area contributed by atoms with Crippen LogP contribution >= 0.6 is 0 Å². The molecule has 17 heavy (non-hydrogen) atoms. The molecular formula is C13H19NO3. The van der Waals surface area contributed by atoms with Crippen LogP contribution in [0, 0.1) is 5.92 Å². The minimum atomic E-state index is -0.398. The summed E-state index contributed by atoms with van der Waals surface area (Å²) in [5, 5.41) is 11.5. The molecule has 0 aliphatic heterocycles. The maximum absolute atomic E-state index is 11.3. The first-order valence-corrected chi connectivity index (χ1v) is 5.71. The van der Waals surface area contributed by atoms with Crippen molar-refractivity contribution in [2.45, 2.75) is 27.0 Å². The Bertz CT molecular complexity index is 346. The van der Waals surface area contributed by atoms with Crippen molar-refractivity contribution in [3.05, 3.63) is 35.4 Å². The maximum atomic E-state index is 11.3. The van der Waals surface area contributed by atoms with E-state index in [2.05, 4.69) is 5.32 Å². The second-order valence-electron chi connectivity index (χ2n) is 4.32. The predicted octanol–water partition coefficient (Wildman–Crippen LogP) is 2.06. The van der Waals surface area contributed by atoms with Gasteiger partial charge in [0, 0.05) is 6.54 Å². The Labute approximate surface area is 102 Å². The number of rotatable bonds is 5. The molecule has 0 fully saturated rings. The summed E-state index contributed by atoms with van der Waals surface area (Å²) in [5.74, 6) is 0.338. The molecule has 0 radical (unpaired) electrons. The summed E-state index contributed by atoms with van der Waals surface area (Å²) in [6.07, 6.45) is -0.398. The van der Waals surface area contributed by atoms with Crippen molar-refractivity contribution in [2.75, 3.05) is 6.61 Å². The molecule has 0 bridgehead atoms. The Morgan fingerprint density at radius 1 is 1.29 bits per heavy atom. The third-order valence-electron chi connectivity index (χ3n) is 2.19. The summed E-state index contributed by atoms with van der Waals surface area (Å²) in [7, 11) is 0. The van der Waals surface area contributed by atoms with Crippen LogP contribution in [0.3, 0.4) is 0 Å². The third-order valence-corrected chi connectivity index (χ3v) is 2.19. The first-order chi connectivity index (χ1) is 8.11. The fourth-order valence-electron chi connectivity index (χ4n) is 1.23. The molecule has 4 heteroatoms. The van der Waals surface area contributed by atoms with E-state index in [0.29, 0.717) is 19.1 Å². The fourth-order valence-corrected chi connectivity index (χ4v) is 1.23. The number of alkyl carbamates (subject to hydrolysis) is 1. The second-order valence-corrected chi connectivity index (χ2v) is 4.32. The van der Waals surface area contributed by atoms with E-state index in [1.54, 1.807) is 0 Å². The number of hydrogen-bond acceptors (Lipinski definition) is 3. The van der Waals surface area contributed by atoms with Crippen LogP contribution in [0.2, 0.25) is 0 Å². The van der Waals surface area contributed by atoms with E-state index in [1.165, 1.54) is 0 Å². The van der Waals surface area contributed by atoms with Crippen molar-refractivity contribution in [3.8, 4) is 0 Å². The van der Waals surface area contributed by atoms with Crippen LogP contribution in [0.15, 0.2) is 24.3 Å². The Balaban J connectivity index is 2.31. The number of nitrogens with one attached hydrogen (secondary N) is 1. The summed E-state index contributed by atoms with van der Waals surface area (Å²) < 4.78 is 4.98. The minimum Gasteiger partial charge on any atom is -0.449 e. The van der Waals surface area contributed by atoms with Crippen molar-refractivity contribution >= 4 is 6.09 Å². The van der Waals surface area contributed by atoms with Crippen molar-refractivity contribution in [1.29, 1.82) is 0 Å². The molecular weight excluding hydrogens is 218 g/mol. The van der Waals surface area contributed by atoms with Gasteiger partial charge in [0.1, 0.15) is 0 Å². The van der Waals surface area contributed by atoms with Crippen molar-refractivity contribution in [2.24, 2.45) is 5.92 Å². The number of carbonyl (C=O) groups excluding carboxylic acids is 1. The van der Waals surface area contributed by atoms with Gasteiger partial charge in [-0.15, -0.1) is 0 Å². The first kappa shape index (κ1) is 13.5. The molecule has 94 valence electrons. The highest BCUT2D eigenvalue weighted by Crippen LogP contribution is 2.04. The highest BCUT2D eigenvalue weighted by Gasteiger charge is 2.03. The monoisotopic (exact) mass is 237 g/mol. The van der Waals surface area contributed by atoms with E-state index < -0.39 is 6.09 Å². The highest BCUT2D eigenvalue weighted by molar-refractivity contribution is 5.67. The summed E-state index contributed by atoms with van der Waals surface area (Å²) in [6.45, 7) is 4.86. The van der Waals surface area contributed by atoms with Crippen molar-refractivity contribution in [1.82, 2.24) is 5.32 Å². The largest absolute Gasteiger partial charge is 0.449 e. The predicted molar refractivity (Wildman–Crippen MR) is 65.4 cm³/mol. The zero-order valence-electron chi connectivity index (χ0n) is 10.3. The molecule has 0 unspecified atom stereocenters. The van der Waals surface area contributed by atoms with Crippen LogP contribution in [0.4, 0.5) is 4.79 Å². The van der Waals surface area contributed by atoms with Crippen LogP contribution in [0.1, 0.15) is 25.0 Å². The first-order valence-electron chi connectivity index (χ1n) is 5.71. The number of carbonyl (C=O) groups is 1. The number of hydrogen-bond donors (Lipinski definition) is 2. The maximum Gasteiger partial charge on any atom is 0.407 e. The Kier molecular flexibility index (Phi) is 5.49. The Hall–Kier alpha value is -1.55. The zero-order chi connectivity index (χ0) is 12.7. The lowest BCUT2D eigenvalue weighted by Crippen LogP contribution is -2.25. The van der Waals surface area contributed by atoms with Gasteiger partial charge in [-0.05, 0) is 17.0 Å². The normalized spacial score (nSPS) is 10.4. The molecule has 2 N–H and O–H groups in total. The minimum absolute atomic E-state index is 0.0319. The van der Waals surface area contributed by atoms with Crippen molar-refractivity contribution < 1.29 is 14.6 Å². The number of aliphatic hydroxyl groups excluding tert-OH is 1. The molecule has 1 rings (SSSR count). The second kappa shape index (κ2) is 6.91. The molecule has 1 aromatic carbocycles. The smallest absolute Gasteiger partial charge is 0.407 e.